The second-order valence-corrected chi connectivity index (χ2v) is 7.18. The van der Waals surface area contributed by atoms with Gasteiger partial charge in [-0.05, 0) is 48.9 Å². The molecule has 1 amide bonds. The molecule has 0 radical (unpaired) electrons. The second kappa shape index (κ2) is 6.45. The van der Waals surface area contributed by atoms with Crippen LogP contribution in [0.2, 0.25) is 0 Å². The lowest BCUT2D eigenvalue weighted by atomic mass is 10.1. The quantitative estimate of drug-likeness (QED) is 0.932. The zero-order chi connectivity index (χ0) is 17.2. The van der Waals surface area contributed by atoms with Gasteiger partial charge in [0.15, 0.2) is 21.5 Å². The number of hydrogen-bond donors (Lipinski definition) is 1. The Bertz CT molecular complexity index is 833. The summed E-state index contributed by atoms with van der Waals surface area (Å²) in [4.78, 5) is 12.2. The van der Waals surface area contributed by atoms with Gasteiger partial charge in [0.2, 0.25) is 0 Å². The van der Waals surface area contributed by atoms with Crippen molar-refractivity contribution in [3.8, 4) is 0 Å². The van der Waals surface area contributed by atoms with Crippen molar-refractivity contribution in [1.82, 2.24) is 5.32 Å². The van der Waals surface area contributed by atoms with E-state index in [0.29, 0.717) is 5.56 Å². The van der Waals surface area contributed by atoms with Gasteiger partial charge in [-0.25, -0.2) is 17.2 Å². The van der Waals surface area contributed by atoms with Crippen molar-refractivity contribution in [1.29, 1.82) is 0 Å². The maximum Gasteiger partial charge on any atom is 0.251 e. The molecular weight excluding hydrogens is 324 g/mol. The molecular formula is C16H15F2NO3S. The first kappa shape index (κ1) is 17.1. The van der Waals surface area contributed by atoms with Crippen LogP contribution in [0.25, 0.3) is 0 Å². The third-order valence-corrected chi connectivity index (χ3v) is 4.46. The molecule has 0 saturated heterocycles. The Hall–Kier alpha value is -2.28. The molecule has 0 aliphatic rings. The predicted octanol–water partition coefficient (Wildman–Crippen LogP) is 2.86. The molecule has 4 nitrogen and oxygen atoms in total. The summed E-state index contributed by atoms with van der Waals surface area (Å²) in [7, 11) is -3.33. The summed E-state index contributed by atoms with van der Waals surface area (Å²) in [5.41, 5.74) is 0.692. The molecule has 23 heavy (non-hydrogen) atoms. The fourth-order valence-electron chi connectivity index (χ4n) is 2.00. The van der Waals surface area contributed by atoms with E-state index in [1.165, 1.54) is 30.3 Å². The van der Waals surface area contributed by atoms with E-state index in [2.05, 4.69) is 5.32 Å². The molecule has 2 aromatic rings. The minimum Gasteiger partial charge on any atom is -0.346 e. The fourth-order valence-corrected chi connectivity index (χ4v) is 2.63. The van der Waals surface area contributed by atoms with Gasteiger partial charge < -0.3 is 5.32 Å². The number of hydrogen-bond acceptors (Lipinski definition) is 3. The van der Waals surface area contributed by atoms with E-state index in [4.69, 9.17) is 0 Å². The van der Waals surface area contributed by atoms with Gasteiger partial charge in [0.1, 0.15) is 0 Å². The van der Waals surface area contributed by atoms with Gasteiger partial charge in [0.25, 0.3) is 5.91 Å². The zero-order valence-electron chi connectivity index (χ0n) is 12.5. The molecule has 0 unspecified atom stereocenters. The first-order chi connectivity index (χ1) is 10.7. The lowest BCUT2D eigenvalue weighted by Crippen LogP contribution is -2.26. The fraction of sp³-hybridized carbons (Fsp3) is 0.188. The largest absolute Gasteiger partial charge is 0.346 e. The molecule has 122 valence electrons. The van der Waals surface area contributed by atoms with Gasteiger partial charge in [-0.2, -0.15) is 0 Å². The number of amides is 1. The Morgan fingerprint density at radius 3 is 2.17 bits per heavy atom. The van der Waals surface area contributed by atoms with Gasteiger partial charge in [-0.3, -0.25) is 4.79 Å². The molecule has 0 heterocycles. The van der Waals surface area contributed by atoms with Crippen molar-refractivity contribution in [2.45, 2.75) is 17.9 Å². The Morgan fingerprint density at radius 2 is 1.65 bits per heavy atom. The van der Waals surface area contributed by atoms with Crippen LogP contribution in [0.4, 0.5) is 8.78 Å². The van der Waals surface area contributed by atoms with Crippen LogP contribution in [-0.2, 0) is 9.84 Å². The highest BCUT2D eigenvalue weighted by Crippen LogP contribution is 2.17. The summed E-state index contributed by atoms with van der Waals surface area (Å²) in [6.45, 7) is 1.63. The van der Waals surface area contributed by atoms with Crippen LogP contribution in [0.1, 0.15) is 28.9 Å². The average molecular weight is 339 g/mol. The highest BCUT2D eigenvalue weighted by molar-refractivity contribution is 7.90. The van der Waals surface area contributed by atoms with E-state index in [1.54, 1.807) is 6.92 Å². The van der Waals surface area contributed by atoms with Crippen molar-refractivity contribution in [2.75, 3.05) is 6.26 Å². The van der Waals surface area contributed by atoms with Gasteiger partial charge in [0.05, 0.1) is 10.9 Å². The van der Waals surface area contributed by atoms with Crippen LogP contribution in [0.3, 0.4) is 0 Å². The highest BCUT2D eigenvalue weighted by Gasteiger charge is 2.14. The number of carbonyl (C=O) groups is 1. The Labute approximate surface area is 133 Å². The Kier molecular flexibility index (Phi) is 4.79. The second-order valence-electron chi connectivity index (χ2n) is 5.17. The molecule has 0 fully saturated rings. The van der Waals surface area contributed by atoms with E-state index in [0.717, 1.165) is 18.4 Å². The minimum absolute atomic E-state index is 0.114. The van der Waals surface area contributed by atoms with Crippen LogP contribution < -0.4 is 5.32 Å². The highest BCUT2D eigenvalue weighted by atomic mass is 32.2. The molecule has 0 aromatic heterocycles. The maximum absolute atomic E-state index is 13.2. The number of benzene rings is 2. The van der Waals surface area contributed by atoms with Crippen LogP contribution in [-0.4, -0.2) is 20.6 Å². The van der Waals surface area contributed by atoms with E-state index in [9.17, 15) is 22.0 Å². The summed E-state index contributed by atoms with van der Waals surface area (Å²) in [6.07, 6.45) is 1.08. The molecule has 0 spiro atoms. The van der Waals surface area contributed by atoms with Crippen molar-refractivity contribution >= 4 is 15.7 Å². The summed E-state index contributed by atoms with van der Waals surface area (Å²) in [5.74, 6) is -2.38. The average Bonchev–Trinajstić information content (AvgIpc) is 2.49. The van der Waals surface area contributed by atoms with E-state index in [-0.39, 0.29) is 10.5 Å². The number of rotatable bonds is 4. The lowest BCUT2D eigenvalue weighted by Gasteiger charge is -2.14. The summed E-state index contributed by atoms with van der Waals surface area (Å²) < 4.78 is 48.9. The van der Waals surface area contributed by atoms with Crippen molar-refractivity contribution in [3.05, 3.63) is 65.2 Å². The van der Waals surface area contributed by atoms with Gasteiger partial charge in [-0.1, -0.05) is 6.07 Å². The summed E-state index contributed by atoms with van der Waals surface area (Å²) in [5, 5.41) is 2.64. The normalized spacial score (nSPS) is 12.7. The molecule has 0 saturated carbocycles. The number of halogens is 2. The van der Waals surface area contributed by atoms with Gasteiger partial charge in [-0.15, -0.1) is 0 Å². The molecule has 7 heteroatoms. The predicted molar refractivity (Wildman–Crippen MR) is 81.8 cm³/mol. The van der Waals surface area contributed by atoms with E-state index >= 15 is 0 Å². The minimum atomic E-state index is -3.33. The standard InChI is InChI=1S/C16H15F2NO3S/c1-10(12-5-8-14(17)15(18)9-12)19-16(20)11-3-6-13(7-4-11)23(2,21)22/h3-10H,1-2H3,(H,19,20)/t10-/m0/s1. The molecule has 2 rings (SSSR count). The number of sulfone groups is 1. The van der Waals surface area contributed by atoms with Gasteiger partial charge >= 0.3 is 0 Å². The molecule has 0 bridgehead atoms. The van der Waals surface area contributed by atoms with E-state index in [1.807, 2.05) is 0 Å². The lowest BCUT2D eigenvalue weighted by molar-refractivity contribution is 0.0939. The SMILES string of the molecule is C[C@H](NC(=O)c1ccc(S(C)(=O)=O)cc1)c1ccc(F)c(F)c1. The number of carbonyl (C=O) groups excluding carboxylic acids is 1. The molecule has 2 aromatic carbocycles. The first-order valence-corrected chi connectivity index (χ1v) is 8.63. The van der Waals surface area contributed by atoms with Crippen molar-refractivity contribution in [2.24, 2.45) is 0 Å². The van der Waals surface area contributed by atoms with Crippen LogP contribution in [0, 0.1) is 11.6 Å². The summed E-state index contributed by atoms with van der Waals surface area (Å²) >= 11 is 0. The maximum atomic E-state index is 13.2. The molecule has 1 atom stereocenters. The topological polar surface area (TPSA) is 63.2 Å². The van der Waals surface area contributed by atoms with Crippen molar-refractivity contribution in [3.63, 3.8) is 0 Å². The molecule has 1 N–H and O–H groups in total. The van der Waals surface area contributed by atoms with Gasteiger partial charge in [0, 0.05) is 11.8 Å². The third-order valence-electron chi connectivity index (χ3n) is 3.34. The first-order valence-electron chi connectivity index (χ1n) is 6.74. The smallest absolute Gasteiger partial charge is 0.251 e. The van der Waals surface area contributed by atoms with Crippen LogP contribution >= 0.6 is 0 Å². The molecule has 0 aliphatic carbocycles. The van der Waals surface area contributed by atoms with E-state index < -0.39 is 33.4 Å². The monoisotopic (exact) mass is 339 g/mol. The zero-order valence-corrected chi connectivity index (χ0v) is 13.3. The summed E-state index contributed by atoms with van der Waals surface area (Å²) in [6, 6.07) is 8.33. The van der Waals surface area contributed by atoms with Crippen LogP contribution in [0.5, 0.6) is 0 Å². The van der Waals surface area contributed by atoms with Crippen molar-refractivity contribution < 1.29 is 22.0 Å². The third kappa shape index (κ3) is 4.13. The number of nitrogens with one attached hydrogen (secondary N) is 1. The molecule has 0 aliphatic heterocycles. The van der Waals surface area contributed by atoms with Crippen LogP contribution in [0.15, 0.2) is 47.4 Å². The Morgan fingerprint density at radius 1 is 1.04 bits per heavy atom. The Balaban J connectivity index is 2.13.